The van der Waals surface area contributed by atoms with Crippen LogP contribution in [-0.4, -0.2) is 14.5 Å². The molecule has 0 saturated carbocycles. The van der Waals surface area contributed by atoms with Gasteiger partial charge in [0.05, 0.1) is 10.9 Å². The highest BCUT2D eigenvalue weighted by atomic mass is 19.4. The summed E-state index contributed by atoms with van der Waals surface area (Å²) in [5, 5.41) is 0.116. The molecule has 0 aliphatic carbocycles. The van der Waals surface area contributed by atoms with Gasteiger partial charge in [0.15, 0.2) is 5.82 Å². The molecule has 2 aromatic heterocycles. The Bertz CT molecular complexity index is 1470. The fourth-order valence-electron chi connectivity index (χ4n) is 3.20. The zero-order valence-electron chi connectivity index (χ0n) is 16.1. The molecule has 8 heteroatoms. The second-order valence-corrected chi connectivity index (χ2v) is 6.78. The smallest absolute Gasteiger partial charge is 0.306 e. The number of hydrogen-bond acceptors (Lipinski definition) is 3. The number of nitrogens with zero attached hydrogens (tertiary/aromatic N) is 2. The minimum absolute atomic E-state index is 0.00127. The summed E-state index contributed by atoms with van der Waals surface area (Å²) in [4.78, 5) is 31.7. The maximum atomic E-state index is 13.8. The lowest BCUT2D eigenvalue weighted by molar-refractivity contribution is -0.137. The van der Waals surface area contributed by atoms with Crippen molar-refractivity contribution >= 4 is 10.9 Å². The van der Waals surface area contributed by atoms with E-state index < -0.39 is 28.8 Å². The van der Waals surface area contributed by atoms with Gasteiger partial charge in [-0.25, -0.2) is 14.3 Å². The summed E-state index contributed by atoms with van der Waals surface area (Å²) in [5.41, 5.74) is -1.73. The van der Waals surface area contributed by atoms with Crippen molar-refractivity contribution in [3.63, 3.8) is 0 Å². The summed E-state index contributed by atoms with van der Waals surface area (Å²) in [7, 11) is 0. The van der Waals surface area contributed by atoms with Crippen LogP contribution in [-0.2, 0) is 6.18 Å². The van der Waals surface area contributed by atoms with E-state index in [0.29, 0.717) is 15.7 Å². The number of halogens is 3. The van der Waals surface area contributed by atoms with E-state index >= 15 is 0 Å². The average molecular weight is 421 g/mol. The second-order valence-electron chi connectivity index (χ2n) is 6.78. The Morgan fingerprint density at radius 2 is 1.68 bits per heavy atom. The minimum atomic E-state index is -4.86. The summed E-state index contributed by atoms with van der Waals surface area (Å²) in [5.74, 6) is 4.60. The molecule has 0 saturated heterocycles. The normalized spacial score (nSPS) is 11.2. The van der Waals surface area contributed by atoms with E-state index in [1.165, 1.54) is 6.07 Å². The van der Waals surface area contributed by atoms with Gasteiger partial charge < -0.3 is 4.98 Å². The van der Waals surface area contributed by atoms with Gasteiger partial charge in [-0.05, 0) is 36.8 Å². The lowest BCUT2D eigenvalue weighted by Crippen LogP contribution is -2.36. The van der Waals surface area contributed by atoms with Crippen LogP contribution >= 0.6 is 0 Å². The number of H-pyrrole nitrogens is 1. The molecule has 2 aromatic carbocycles. The molecular weight excluding hydrogens is 407 g/mol. The number of benzene rings is 2. The van der Waals surface area contributed by atoms with E-state index in [-0.39, 0.29) is 16.5 Å². The molecule has 154 valence electrons. The number of nitrogens with one attached hydrogen (secondary N) is 1. The standard InChI is InChI=1S/C23H14F3N3O2/c1-14-6-5-9-18-19(14)21(30)29(22(31)28-18)20-17(23(24,25)26)12-16(13-27-20)11-10-15-7-3-2-4-8-15/h2-9,12-13H,1H3,(H,28,31). The van der Waals surface area contributed by atoms with Gasteiger partial charge in [0.25, 0.3) is 5.56 Å². The molecule has 0 fully saturated rings. The Balaban J connectivity index is 1.94. The molecule has 31 heavy (non-hydrogen) atoms. The molecular formula is C23H14F3N3O2. The maximum absolute atomic E-state index is 13.8. The number of aromatic amines is 1. The third-order valence-corrected chi connectivity index (χ3v) is 4.64. The summed E-state index contributed by atoms with van der Waals surface area (Å²) in [6.07, 6.45) is -3.76. The average Bonchev–Trinajstić information content (AvgIpc) is 2.72. The zero-order chi connectivity index (χ0) is 22.2. The summed E-state index contributed by atoms with van der Waals surface area (Å²) >= 11 is 0. The topological polar surface area (TPSA) is 67.8 Å². The van der Waals surface area contributed by atoms with Crippen molar-refractivity contribution in [1.29, 1.82) is 0 Å². The second kappa shape index (κ2) is 7.61. The molecule has 1 N–H and O–H groups in total. The van der Waals surface area contributed by atoms with Crippen molar-refractivity contribution in [3.8, 4) is 17.7 Å². The first-order valence-corrected chi connectivity index (χ1v) is 9.15. The lowest BCUT2D eigenvalue weighted by atomic mass is 10.1. The van der Waals surface area contributed by atoms with E-state index in [1.54, 1.807) is 49.4 Å². The monoisotopic (exact) mass is 421 g/mol. The van der Waals surface area contributed by atoms with E-state index in [2.05, 4.69) is 21.8 Å². The fraction of sp³-hybridized carbons (Fsp3) is 0.0870. The van der Waals surface area contributed by atoms with E-state index in [0.717, 1.165) is 12.3 Å². The predicted molar refractivity (Wildman–Crippen MR) is 110 cm³/mol. The number of rotatable bonds is 1. The molecule has 4 aromatic rings. The minimum Gasteiger partial charge on any atom is -0.306 e. The zero-order valence-corrected chi connectivity index (χ0v) is 16.1. The van der Waals surface area contributed by atoms with Crippen molar-refractivity contribution in [2.75, 3.05) is 0 Å². The van der Waals surface area contributed by atoms with Crippen molar-refractivity contribution in [2.45, 2.75) is 13.1 Å². The van der Waals surface area contributed by atoms with Crippen LogP contribution < -0.4 is 11.2 Å². The number of aryl methyl sites for hydroxylation is 1. The summed E-state index contributed by atoms with van der Waals surface area (Å²) in [6, 6.07) is 14.3. The molecule has 5 nitrogen and oxygen atoms in total. The number of alkyl halides is 3. The SMILES string of the molecule is Cc1cccc2[nH]c(=O)n(-c3ncc(C#Cc4ccccc4)cc3C(F)(F)F)c(=O)c12. The van der Waals surface area contributed by atoms with Crippen molar-refractivity contribution < 1.29 is 13.2 Å². The van der Waals surface area contributed by atoms with E-state index in [9.17, 15) is 22.8 Å². The highest BCUT2D eigenvalue weighted by molar-refractivity contribution is 5.81. The Hall–Kier alpha value is -4.12. The van der Waals surface area contributed by atoms with Crippen molar-refractivity contribution in [1.82, 2.24) is 14.5 Å². The van der Waals surface area contributed by atoms with Gasteiger partial charge in [0, 0.05) is 17.3 Å². The molecule has 0 bridgehead atoms. The van der Waals surface area contributed by atoms with Crippen LogP contribution in [0.2, 0.25) is 0 Å². The van der Waals surface area contributed by atoms with E-state index in [4.69, 9.17) is 0 Å². The van der Waals surface area contributed by atoms with Crippen molar-refractivity contribution in [2.24, 2.45) is 0 Å². The third kappa shape index (κ3) is 3.85. The van der Waals surface area contributed by atoms with Gasteiger partial charge in [-0.3, -0.25) is 4.79 Å². The molecule has 0 amide bonds. The van der Waals surface area contributed by atoms with Gasteiger partial charge in [-0.15, -0.1) is 0 Å². The summed E-state index contributed by atoms with van der Waals surface area (Å²) < 4.78 is 41.9. The van der Waals surface area contributed by atoms with Gasteiger partial charge in [0.2, 0.25) is 0 Å². The molecule has 0 unspecified atom stereocenters. The first-order valence-electron chi connectivity index (χ1n) is 9.15. The molecule has 0 atom stereocenters. The van der Waals surface area contributed by atoms with E-state index in [1.807, 2.05) is 0 Å². The lowest BCUT2D eigenvalue weighted by Gasteiger charge is -2.14. The van der Waals surface area contributed by atoms with Crippen molar-refractivity contribution in [3.05, 3.63) is 104 Å². The molecule has 2 heterocycles. The predicted octanol–water partition coefficient (Wildman–Crippen LogP) is 3.80. The van der Waals surface area contributed by atoms with Crippen LogP contribution in [0.3, 0.4) is 0 Å². The van der Waals surface area contributed by atoms with Gasteiger partial charge in [-0.2, -0.15) is 13.2 Å². The Morgan fingerprint density at radius 3 is 2.39 bits per heavy atom. The highest BCUT2D eigenvalue weighted by Gasteiger charge is 2.36. The number of fused-ring (bicyclic) bond motifs is 1. The largest absolute Gasteiger partial charge is 0.420 e. The Labute approximate surface area is 173 Å². The van der Waals surface area contributed by atoms with Gasteiger partial charge in [0.1, 0.15) is 5.56 Å². The molecule has 0 aliphatic rings. The first-order chi connectivity index (χ1) is 14.8. The first kappa shape index (κ1) is 20.2. The number of pyridine rings is 1. The third-order valence-electron chi connectivity index (χ3n) is 4.64. The Morgan fingerprint density at radius 1 is 0.968 bits per heavy atom. The molecule has 4 rings (SSSR count). The van der Waals surface area contributed by atoms with Gasteiger partial charge >= 0.3 is 11.9 Å². The molecule has 0 spiro atoms. The quantitative estimate of drug-likeness (QED) is 0.476. The Kier molecular flexibility index (Phi) is 4.95. The number of hydrogen-bond donors (Lipinski definition) is 1. The van der Waals surface area contributed by atoms with Gasteiger partial charge in [-0.1, -0.05) is 42.2 Å². The fourth-order valence-corrected chi connectivity index (χ4v) is 3.20. The highest BCUT2D eigenvalue weighted by Crippen LogP contribution is 2.32. The van der Waals surface area contributed by atoms with Crippen LogP contribution in [0.25, 0.3) is 16.7 Å². The maximum Gasteiger partial charge on any atom is 0.420 e. The van der Waals surface area contributed by atoms with Crippen LogP contribution in [0, 0.1) is 18.8 Å². The summed E-state index contributed by atoms with van der Waals surface area (Å²) in [6.45, 7) is 1.63. The van der Waals surface area contributed by atoms with Crippen LogP contribution in [0.5, 0.6) is 0 Å². The molecule has 0 aliphatic heterocycles. The number of aromatic nitrogens is 3. The molecule has 0 radical (unpaired) electrons. The van der Waals surface area contributed by atoms with Crippen LogP contribution in [0.15, 0.2) is 70.4 Å². The van der Waals surface area contributed by atoms with Crippen LogP contribution in [0.4, 0.5) is 13.2 Å². The van der Waals surface area contributed by atoms with Crippen LogP contribution in [0.1, 0.15) is 22.3 Å².